The molecule has 0 saturated heterocycles. The molecule has 0 atom stereocenters. The Kier molecular flexibility index (Phi) is 3.14. The van der Waals surface area contributed by atoms with Crippen molar-refractivity contribution < 1.29 is 0 Å². The highest BCUT2D eigenvalue weighted by Gasteiger charge is 2.13. The van der Waals surface area contributed by atoms with Gasteiger partial charge in [0.05, 0.1) is 0 Å². The normalized spacial score (nSPS) is 17.7. The predicted octanol–water partition coefficient (Wildman–Crippen LogP) is 3.32. The summed E-state index contributed by atoms with van der Waals surface area (Å²) in [5, 5.41) is 3.61. The van der Waals surface area contributed by atoms with Crippen molar-refractivity contribution in [1.29, 1.82) is 0 Å². The highest BCUT2D eigenvalue weighted by molar-refractivity contribution is 5.59. The van der Waals surface area contributed by atoms with E-state index in [-0.39, 0.29) is 0 Å². The molecule has 2 nitrogen and oxygen atoms in total. The van der Waals surface area contributed by atoms with Crippen molar-refractivity contribution in [3.63, 3.8) is 0 Å². The summed E-state index contributed by atoms with van der Waals surface area (Å²) in [5.41, 5.74) is 9.14. The minimum Gasteiger partial charge on any atom is -0.399 e. The smallest absolute Gasteiger partial charge is 0.0392 e. The Labute approximate surface area is 91.9 Å². The molecule has 3 N–H and O–H groups in total. The van der Waals surface area contributed by atoms with Crippen LogP contribution in [0.5, 0.6) is 0 Å². The molecule has 1 aromatic carbocycles. The molecule has 0 aliphatic heterocycles. The third kappa shape index (κ3) is 2.65. The van der Waals surface area contributed by atoms with E-state index in [1.54, 1.807) is 0 Å². The first kappa shape index (κ1) is 10.3. The molecule has 15 heavy (non-hydrogen) atoms. The van der Waals surface area contributed by atoms with E-state index in [2.05, 4.69) is 18.3 Å². The summed E-state index contributed by atoms with van der Waals surface area (Å²) in [6.07, 6.45) is 6.72. The van der Waals surface area contributed by atoms with Gasteiger partial charge in [-0.2, -0.15) is 0 Å². The molecule has 0 bridgehead atoms. The third-order valence-corrected chi connectivity index (χ3v) is 3.23. The van der Waals surface area contributed by atoms with Crippen LogP contribution in [-0.2, 0) is 0 Å². The summed E-state index contributed by atoms with van der Waals surface area (Å²) < 4.78 is 0. The number of benzene rings is 1. The van der Waals surface area contributed by atoms with E-state index in [4.69, 9.17) is 5.73 Å². The van der Waals surface area contributed by atoms with Crippen molar-refractivity contribution >= 4 is 11.4 Å². The summed E-state index contributed by atoms with van der Waals surface area (Å²) >= 11 is 0. The van der Waals surface area contributed by atoms with Crippen LogP contribution in [0, 0.1) is 6.92 Å². The fourth-order valence-corrected chi connectivity index (χ4v) is 2.26. The van der Waals surface area contributed by atoms with Gasteiger partial charge < -0.3 is 11.1 Å². The minimum absolute atomic E-state index is 0.652. The van der Waals surface area contributed by atoms with E-state index in [1.165, 1.54) is 43.4 Å². The maximum atomic E-state index is 5.79. The van der Waals surface area contributed by atoms with Gasteiger partial charge in [0.2, 0.25) is 0 Å². The number of nitrogen functional groups attached to an aromatic ring is 1. The van der Waals surface area contributed by atoms with Crippen molar-refractivity contribution in [2.24, 2.45) is 0 Å². The zero-order valence-electron chi connectivity index (χ0n) is 9.42. The molecule has 82 valence electrons. The Morgan fingerprint density at radius 3 is 2.67 bits per heavy atom. The summed E-state index contributed by atoms with van der Waals surface area (Å²) in [5.74, 6) is 0. The van der Waals surface area contributed by atoms with Crippen LogP contribution in [0.1, 0.15) is 37.7 Å². The highest BCUT2D eigenvalue weighted by Crippen LogP contribution is 2.24. The van der Waals surface area contributed by atoms with E-state index in [0.717, 1.165) is 5.69 Å². The summed E-state index contributed by atoms with van der Waals surface area (Å²) in [6.45, 7) is 2.13. The molecule has 2 rings (SSSR count). The lowest BCUT2D eigenvalue weighted by Crippen LogP contribution is -2.22. The lowest BCUT2D eigenvalue weighted by molar-refractivity contribution is 0.462. The van der Waals surface area contributed by atoms with Gasteiger partial charge in [0.25, 0.3) is 0 Å². The highest BCUT2D eigenvalue weighted by atomic mass is 14.9. The largest absolute Gasteiger partial charge is 0.399 e. The maximum absolute atomic E-state index is 5.79. The van der Waals surface area contributed by atoms with Crippen LogP contribution in [0.3, 0.4) is 0 Å². The zero-order chi connectivity index (χ0) is 10.7. The van der Waals surface area contributed by atoms with E-state index < -0.39 is 0 Å². The van der Waals surface area contributed by atoms with E-state index in [9.17, 15) is 0 Å². The number of anilines is 2. The lowest BCUT2D eigenvalue weighted by Gasteiger charge is -2.24. The second-order valence-electron chi connectivity index (χ2n) is 4.55. The second-order valence-corrected chi connectivity index (χ2v) is 4.55. The minimum atomic E-state index is 0.652. The van der Waals surface area contributed by atoms with Crippen molar-refractivity contribution in [2.75, 3.05) is 11.1 Å². The first-order valence-corrected chi connectivity index (χ1v) is 5.88. The van der Waals surface area contributed by atoms with Crippen molar-refractivity contribution in [2.45, 2.75) is 45.1 Å². The number of rotatable bonds is 2. The van der Waals surface area contributed by atoms with Gasteiger partial charge in [-0.3, -0.25) is 0 Å². The molecule has 0 amide bonds. The molecule has 1 aliphatic carbocycles. The SMILES string of the molecule is Cc1ccc(N)cc1NC1CCCCC1. The van der Waals surface area contributed by atoms with Crippen LogP contribution >= 0.6 is 0 Å². The molecule has 0 spiro atoms. The van der Waals surface area contributed by atoms with Crippen LogP contribution in [-0.4, -0.2) is 6.04 Å². The van der Waals surface area contributed by atoms with Crippen LogP contribution in [0.2, 0.25) is 0 Å². The van der Waals surface area contributed by atoms with E-state index in [0.29, 0.717) is 6.04 Å². The van der Waals surface area contributed by atoms with Crippen molar-refractivity contribution in [3.8, 4) is 0 Å². The molecule has 0 unspecified atom stereocenters. The van der Waals surface area contributed by atoms with Gasteiger partial charge in [-0.1, -0.05) is 25.3 Å². The predicted molar refractivity (Wildman–Crippen MR) is 66.1 cm³/mol. The number of hydrogen-bond donors (Lipinski definition) is 2. The summed E-state index contributed by atoms with van der Waals surface area (Å²) in [7, 11) is 0. The van der Waals surface area contributed by atoms with Gasteiger partial charge in [-0.15, -0.1) is 0 Å². The van der Waals surface area contributed by atoms with Crippen LogP contribution in [0.25, 0.3) is 0 Å². The zero-order valence-corrected chi connectivity index (χ0v) is 9.42. The van der Waals surface area contributed by atoms with Gasteiger partial charge in [0.15, 0.2) is 0 Å². The maximum Gasteiger partial charge on any atom is 0.0392 e. The molecule has 1 aliphatic rings. The Morgan fingerprint density at radius 2 is 1.93 bits per heavy atom. The van der Waals surface area contributed by atoms with Gasteiger partial charge in [0.1, 0.15) is 0 Å². The molecular weight excluding hydrogens is 184 g/mol. The average molecular weight is 204 g/mol. The summed E-state index contributed by atoms with van der Waals surface area (Å²) in [6, 6.07) is 6.74. The number of nitrogens with two attached hydrogens (primary N) is 1. The molecule has 1 saturated carbocycles. The number of hydrogen-bond acceptors (Lipinski definition) is 2. The van der Waals surface area contributed by atoms with E-state index in [1.807, 2.05) is 12.1 Å². The van der Waals surface area contributed by atoms with E-state index >= 15 is 0 Å². The standard InChI is InChI=1S/C13H20N2/c1-10-7-8-11(14)9-13(10)15-12-5-3-2-4-6-12/h7-9,12,15H,2-6,14H2,1H3. The van der Waals surface area contributed by atoms with Crippen molar-refractivity contribution in [1.82, 2.24) is 0 Å². The fraction of sp³-hybridized carbons (Fsp3) is 0.538. The number of nitrogens with one attached hydrogen (secondary N) is 1. The molecule has 0 radical (unpaired) electrons. The molecule has 0 heterocycles. The Hall–Kier alpha value is -1.18. The second kappa shape index (κ2) is 4.56. The Morgan fingerprint density at radius 1 is 1.20 bits per heavy atom. The lowest BCUT2D eigenvalue weighted by atomic mass is 9.95. The van der Waals surface area contributed by atoms with Gasteiger partial charge in [-0.05, 0) is 37.5 Å². The molecular formula is C13H20N2. The van der Waals surface area contributed by atoms with Gasteiger partial charge in [-0.25, -0.2) is 0 Å². The average Bonchev–Trinajstić information content (AvgIpc) is 2.25. The number of aryl methyl sites for hydroxylation is 1. The van der Waals surface area contributed by atoms with Gasteiger partial charge in [0, 0.05) is 17.4 Å². The Bertz CT molecular complexity index is 327. The van der Waals surface area contributed by atoms with Gasteiger partial charge >= 0.3 is 0 Å². The first-order valence-electron chi connectivity index (χ1n) is 5.88. The van der Waals surface area contributed by atoms with Crippen LogP contribution < -0.4 is 11.1 Å². The monoisotopic (exact) mass is 204 g/mol. The molecule has 0 aromatic heterocycles. The molecule has 1 fully saturated rings. The third-order valence-electron chi connectivity index (χ3n) is 3.23. The Balaban J connectivity index is 2.05. The van der Waals surface area contributed by atoms with Crippen LogP contribution in [0.4, 0.5) is 11.4 Å². The topological polar surface area (TPSA) is 38.0 Å². The van der Waals surface area contributed by atoms with Crippen molar-refractivity contribution in [3.05, 3.63) is 23.8 Å². The quantitative estimate of drug-likeness (QED) is 0.725. The summed E-state index contributed by atoms with van der Waals surface area (Å²) in [4.78, 5) is 0. The fourth-order valence-electron chi connectivity index (χ4n) is 2.26. The van der Waals surface area contributed by atoms with Crippen LogP contribution in [0.15, 0.2) is 18.2 Å². The molecule has 2 heteroatoms. The first-order chi connectivity index (χ1) is 7.25. The molecule has 1 aromatic rings.